The second kappa shape index (κ2) is 11.9. The molecule has 0 saturated carbocycles. The Morgan fingerprint density at radius 2 is 1.78 bits per heavy atom. The van der Waals surface area contributed by atoms with Gasteiger partial charge in [-0.05, 0) is 24.8 Å². The highest BCUT2D eigenvalue weighted by Crippen LogP contribution is 2.22. The summed E-state index contributed by atoms with van der Waals surface area (Å²) in [6, 6.07) is 0. The van der Waals surface area contributed by atoms with Crippen molar-refractivity contribution in [3.05, 3.63) is 0 Å². The van der Waals surface area contributed by atoms with E-state index in [4.69, 9.17) is 9.47 Å². The van der Waals surface area contributed by atoms with E-state index < -0.39 is 0 Å². The van der Waals surface area contributed by atoms with Crippen LogP contribution >= 0.6 is 0 Å². The van der Waals surface area contributed by atoms with Crippen LogP contribution in [0.25, 0.3) is 0 Å². The molecule has 3 nitrogen and oxygen atoms in total. The van der Waals surface area contributed by atoms with Crippen molar-refractivity contribution >= 4 is 0 Å². The summed E-state index contributed by atoms with van der Waals surface area (Å²) in [7, 11) is 1.70. The Morgan fingerprint density at radius 1 is 1.00 bits per heavy atom. The van der Waals surface area contributed by atoms with Crippen LogP contribution in [-0.4, -0.2) is 40.0 Å². The minimum atomic E-state index is 0.423. The minimum Gasteiger partial charge on any atom is -0.382 e. The molecule has 0 unspecified atom stereocenters. The van der Waals surface area contributed by atoms with E-state index in [1.54, 1.807) is 7.11 Å². The molecular weight excluding hydrogens is 226 g/mol. The second-order valence-corrected chi connectivity index (χ2v) is 5.76. The Morgan fingerprint density at radius 3 is 2.44 bits per heavy atom. The molecule has 18 heavy (non-hydrogen) atoms. The highest BCUT2D eigenvalue weighted by atomic mass is 16.5. The van der Waals surface area contributed by atoms with E-state index in [0.717, 1.165) is 26.1 Å². The largest absolute Gasteiger partial charge is 0.382 e. The van der Waals surface area contributed by atoms with Crippen molar-refractivity contribution < 1.29 is 9.47 Å². The summed E-state index contributed by atoms with van der Waals surface area (Å²) in [6.07, 6.45) is 6.41. The monoisotopic (exact) mass is 259 g/mol. The van der Waals surface area contributed by atoms with Crippen molar-refractivity contribution in [2.45, 2.75) is 52.9 Å². The molecule has 110 valence electrons. The number of hydrogen-bond donors (Lipinski definition) is 1. The fourth-order valence-electron chi connectivity index (χ4n) is 1.91. The first-order valence-electron chi connectivity index (χ1n) is 7.40. The molecule has 0 rings (SSSR count). The molecule has 0 spiro atoms. The van der Waals surface area contributed by atoms with E-state index in [2.05, 4.69) is 26.1 Å². The fourth-order valence-corrected chi connectivity index (χ4v) is 1.91. The molecule has 0 aliphatic rings. The van der Waals surface area contributed by atoms with E-state index in [-0.39, 0.29) is 0 Å². The van der Waals surface area contributed by atoms with Gasteiger partial charge in [-0.3, -0.25) is 0 Å². The Balaban J connectivity index is 3.30. The third-order valence-corrected chi connectivity index (χ3v) is 3.13. The molecule has 0 aromatic heterocycles. The van der Waals surface area contributed by atoms with Gasteiger partial charge in [0.05, 0.1) is 13.2 Å². The van der Waals surface area contributed by atoms with Gasteiger partial charge >= 0.3 is 0 Å². The van der Waals surface area contributed by atoms with Crippen molar-refractivity contribution in [2.75, 3.05) is 40.0 Å². The first kappa shape index (κ1) is 17.9. The molecule has 3 heteroatoms. The Kier molecular flexibility index (Phi) is 11.9. The van der Waals surface area contributed by atoms with Crippen LogP contribution in [0, 0.1) is 5.41 Å². The van der Waals surface area contributed by atoms with Crippen molar-refractivity contribution in [2.24, 2.45) is 5.41 Å². The molecule has 0 bridgehead atoms. The smallest absolute Gasteiger partial charge is 0.0700 e. The van der Waals surface area contributed by atoms with Gasteiger partial charge in [0.2, 0.25) is 0 Å². The molecular formula is C15H33NO2. The maximum Gasteiger partial charge on any atom is 0.0700 e. The van der Waals surface area contributed by atoms with Crippen LogP contribution < -0.4 is 5.32 Å². The number of rotatable bonds is 13. The predicted octanol–water partition coefficient (Wildman–Crippen LogP) is 3.24. The van der Waals surface area contributed by atoms with Gasteiger partial charge in [0.25, 0.3) is 0 Å². The van der Waals surface area contributed by atoms with E-state index >= 15 is 0 Å². The summed E-state index contributed by atoms with van der Waals surface area (Å²) >= 11 is 0. The SMILES string of the molecule is CCCCCC(C)(C)CNCCCOCCOC. The number of hydrogen-bond acceptors (Lipinski definition) is 3. The molecule has 0 heterocycles. The number of unbranched alkanes of at least 4 members (excludes halogenated alkanes) is 2. The lowest BCUT2D eigenvalue weighted by Gasteiger charge is -2.25. The first-order valence-corrected chi connectivity index (χ1v) is 7.40. The topological polar surface area (TPSA) is 30.5 Å². The zero-order chi connectivity index (χ0) is 13.7. The van der Waals surface area contributed by atoms with E-state index in [1.807, 2.05) is 0 Å². The average molecular weight is 259 g/mol. The van der Waals surface area contributed by atoms with Gasteiger partial charge in [-0.25, -0.2) is 0 Å². The van der Waals surface area contributed by atoms with Crippen molar-refractivity contribution in [1.29, 1.82) is 0 Å². The zero-order valence-electron chi connectivity index (χ0n) is 12.9. The molecule has 0 radical (unpaired) electrons. The third kappa shape index (κ3) is 12.3. The highest BCUT2D eigenvalue weighted by Gasteiger charge is 2.16. The third-order valence-electron chi connectivity index (χ3n) is 3.13. The van der Waals surface area contributed by atoms with Gasteiger partial charge in [0.15, 0.2) is 0 Å². The molecule has 0 aliphatic carbocycles. The second-order valence-electron chi connectivity index (χ2n) is 5.76. The molecule has 0 fully saturated rings. The quantitative estimate of drug-likeness (QED) is 0.515. The standard InChI is InChI=1S/C15H33NO2/c1-5-6-7-9-15(2,3)14-16-10-8-11-18-13-12-17-4/h16H,5-14H2,1-4H3. The minimum absolute atomic E-state index is 0.423. The van der Waals surface area contributed by atoms with Crippen LogP contribution in [0.15, 0.2) is 0 Å². The summed E-state index contributed by atoms with van der Waals surface area (Å²) in [5, 5.41) is 3.53. The lowest BCUT2D eigenvalue weighted by Crippen LogP contribution is -2.30. The normalized spacial score (nSPS) is 12.0. The van der Waals surface area contributed by atoms with Crippen LogP contribution in [0.1, 0.15) is 52.9 Å². The summed E-state index contributed by atoms with van der Waals surface area (Å²) in [6.45, 7) is 11.3. The van der Waals surface area contributed by atoms with Gasteiger partial charge in [0.1, 0.15) is 0 Å². The van der Waals surface area contributed by atoms with Crippen molar-refractivity contribution in [3.8, 4) is 0 Å². The number of methoxy groups -OCH3 is 1. The summed E-state index contributed by atoms with van der Waals surface area (Å²) < 4.78 is 10.3. The Labute approximate surface area is 114 Å². The maximum atomic E-state index is 5.42. The van der Waals surface area contributed by atoms with E-state index in [9.17, 15) is 0 Å². The number of nitrogens with one attached hydrogen (secondary N) is 1. The van der Waals surface area contributed by atoms with Gasteiger partial charge in [-0.1, -0.05) is 40.0 Å². The van der Waals surface area contributed by atoms with Crippen LogP contribution in [0.4, 0.5) is 0 Å². The van der Waals surface area contributed by atoms with Gasteiger partial charge in [-0.2, -0.15) is 0 Å². The molecule has 0 aliphatic heterocycles. The zero-order valence-corrected chi connectivity index (χ0v) is 12.9. The van der Waals surface area contributed by atoms with Gasteiger partial charge in [0, 0.05) is 20.3 Å². The van der Waals surface area contributed by atoms with E-state index in [1.165, 1.54) is 25.7 Å². The van der Waals surface area contributed by atoms with Gasteiger partial charge < -0.3 is 14.8 Å². The molecule has 1 N–H and O–H groups in total. The lowest BCUT2D eigenvalue weighted by atomic mass is 9.87. The van der Waals surface area contributed by atoms with Crippen LogP contribution in [-0.2, 0) is 9.47 Å². The summed E-state index contributed by atoms with van der Waals surface area (Å²) in [4.78, 5) is 0. The Hall–Kier alpha value is -0.120. The fraction of sp³-hybridized carbons (Fsp3) is 1.00. The van der Waals surface area contributed by atoms with Crippen LogP contribution in [0.5, 0.6) is 0 Å². The molecule has 0 saturated heterocycles. The number of ether oxygens (including phenoxy) is 2. The molecule has 0 atom stereocenters. The van der Waals surface area contributed by atoms with Crippen LogP contribution in [0.3, 0.4) is 0 Å². The predicted molar refractivity (Wildman–Crippen MR) is 78.1 cm³/mol. The van der Waals surface area contributed by atoms with Crippen molar-refractivity contribution in [3.63, 3.8) is 0 Å². The molecule has 0 aromatic rings. The van der Waals surface area contributed by atoms with Gasteiger partial charge in [-0.15, -0.1) is 0 Å². The average Bonchev–Trinajstić information content (AvgIpc) is 2.33. The molecule has 0 amide bonds. The first-order chi connectivity index (χ1) is 8.62. The summed E-state index contributed by atoms with van der Waals surface area (Å²) in [5.74, 6) is 0. The van der Waals surface area contributed by atoms with E-state index in [0.29, 0.717) is 18.6 Å². The van der Waals surface area contributed by atoms with Crippen LogP contribution in [0.2, 0.25) is 0 Å². The van der Waals surface area contributed by atoms with Crippen molar-refractivity contribution in [1.82, 2.24) is 5.32 Å². The Bertz CT molecular complexity index is 172. The maximum absolute atomic E-state index is 5.42. The summed E-state index contributed by atoms with van der Waals surface area (Å²) in [5.41, 5.74) is 0.423. The highest BCUT2D eigenvalue weighted by molar-refractivity contribution is 4.71. The molecule has 0 aromatic carbocycles. The lowest BCUT2D eigenvalue weighted by molar-refractivity contribution is 0.0692.